The van der Waals surface area contributed by atoms with Gasteiger partial charge in [-0.2, -0.15) is 5.10 Å². The molecule has 0 spiro atoms. The first kappa shape index (κ1) is 13.2. The largest absolute Gasteiger partial charge is 0.321 e. The Hall–Kier alpha value is -0.870. The van der Waals surface area contributed by atoms with E-state index in [0.29, 0.717) is 0 Å². The zero-order valence-electron chi connectivity index (χ0n) is 11.1. The van der Waals surface area contributed by atoms with Gasteiger partial charge < -0.3 is 10.6 Å². The summed E-state index contributed by atoms with van der Waals surface area (Å²) in [7, 11) is 6.15. The molecule has 1 heterocycles. The minimum absolute atomic E-state index is 0.00773. The molecule has 16 heavy (non-hydrogen) atoms. The molecule has 4 nitrogen and oxygen atoms in total. The summed E-state index contributed by atoms with van der Waals surface area (Å²) in [6, 6.07) is 2.00. The van der Waals surface area contributed by atoms with Gasteiger partial charge in [0.15, 0.2) is 0 Å². The van der Waals surface area contributed by atoms with Crippen molar-refractivity contribution in [2.24, 2.45) is 12.8 Å². The Labute approximate surface area is 98.4 Å². The van der Waals surface area contributed by atoms with Crippen LogP contribution in [0.1, 0.15) is 38.4 Å². The zero-order chi connectivity index (χ0) is 12.3. The van der Waals surface area contributed by atoms with Crippen LogP contribution in [0.4, 0.5) is 0 Å². The molecule has 0 amide bonds. The van der Waals surface area contributed by atoms with Crippen molar-refractivity contribution in [1.29, 1.82) is 0 Å². The van der Waals surface area contributed by atoms with Crippen LogP contribution in [0.25, 0.3) is 0 Å². The summed E-state index contributed by atoms with van der Waals surface area (Å²) in [5.74, 6) is 0. The molecule has 0 bridgehead atoms. The van der Waals surface area contributed by atoms with Crippen molar-refractivity contribution >= 4 is 0 Å². The maximum absolute atomic E-state index is 6.44. The number of likely N-dealkylation sites (N-methyl/N-ethyl adjacent to an activating group) is 1. The second-order valence-corrected chi connectivity index (χ2v) is 4.56. The van der Waals surface area contributed by atoms with Crippen LogP contribution in [0.5, 0.6) is 0 Å². The molecule has 1 aromatic heterocycles. The van der Waals surface area contributed by atoms with Crippen LogP contribution in [0.2, 0.25) is 0 Å². The van der Waals surface area contributed by atoms with E-state index in [1.807, 2.05) is 17.8 Å². The Bertz CT molecular complexity index is 326. The van der Waals surface area contributed by atoms with Gasteiger partial charge in [0.2, 0.25) is 0 Å². The van der Waals surface area contributed by atoms with Crippen LogP contribution in [0.3, 0.4) is 0 Å². The molecule has 1 aromatic rings. The van der Waals surface area contributed by atoms with E-state index in [1.165, 1.54) is 0 Å². The molecule has 0 saturated carbocycles. The van der Waals surface area contributed by atoms with E-state index in [9.17, 15) is 0 Å². The molecule has 1 rings (SSSR count). The summed E-state index contributed by atoms with van der Waals surface area (Å²) >= 11 is 0. The van der Waals surface area contributed by atoms with Crippen molar-refractivity contribution in [2.75, 3.05) is 14.1 Å². The van der Waals surface area contributed by atoms with Gasteiger partial charge in [0.1, 0.15) is 0 Å². The lowest BCUT2D eigenvalue weighted by molar-refractivity contribution is 0.102. The highest BCUT2D eigenvalue weighted by Crippen LogP contribution is 2.33. The average molecular weight is 224 g/mol. The van der Waals surface area contributed by atoms with Crippen LogP contribution in [-0.2, 0) is 7.05 Å². The van der Waals surface area contributed by atoms with Gasteiger partial charge in [-0.15, -0.1) is 0 Å². The maximum atomic E-state index is 6.44. The summed E-state index contributed by atoms with van der Waals surface area (Å²) in [6.45, 7) is 4.39. The monoisotopic (exact) mass is 224 g/mol. The van der Waals surface area contributed by atoms with Crippen molar-refractivity contribution in [2.45, 2.75) is 38.3 Å². The summed E-state index contributed by atoms with van der Waals surface area (Å²) in [5.41, 5.74) is 7.54. The van der Waals surface area contributed by atoms with Crippen molar-refractivity contribution in [3.8, 4) is 0 Å². The minimum Gasteiger partial charge on any atom is -0.321 e. The summed E-state index contributed by atoms with van der Waals surface area (Å²) in [6.07, 6.45) is 3.87. The van der Waals surface area contributed by atoms with E-state index in [1.54, 1.807) is 6.20 Å². The molecular formula is C12H24N4. The van der Waals surface area contributed by atoms with E-state index in [0.717, 1.165) is 18.5 Å². The van der Waals surface area contributed by atoms with E-state index < -0.39 is 0 Å². The second-order valence-electron chi connectivity index (χ2n) is 4.56. The number of hydrogen-bond donors (Lipinski definition) is 1. The Morgan fingerprint density at radius 2 is 2.00 bits per heavy atom. The molecule has 0 aromatic carbocycles. The molecule has 1 atom stereocenters. The number of hydrogen-bond acceptors (Lipinski definition) is 3. The lowest BCUT2D eigenvalue weighted by Crippen LogP contribution is -2.52. The fourth-order valence-corrected chi connectivity index (χ4v) is 2.56. The molecule has 1 unspecified atom stereocenters. The smallest absolute Gasteiger partial charge is 0.0653 e. The van der Waals surface area contributed by atoms with Crippen molar-refractivity contribution in [3.63, 3.8) is 0 Å². The predicted octanol–water partition coefficient (Wildman–Crippen LogP) is 1.54. The third kappa shape index (κ3) is 1.99. The van der Waals surface area contributed by atoms with Gasteiger partial charge in [0, 0.05) is 18.8 Å². The van der Waals surface area contributed by atoms with Crippen molar-refractivity contribution < 1.29 is 0 Å². The summed E-state index contributed by atoms with van der Waals surface area (Å²) in [4.78, 5) is 2.24. The fraction of sp³-hybridized carbons (Fsp3) is 0.750. The van der Waals surface area contributed by atoms with E-state index in [4.69, 9.17) is 5.73 Å². The minimum atomic E-state index is -0.00926. The van der Waals surface area contributed by atoms with Crippen LogP contribution in [-0.4, -0.2) is 34.3 Å². The highest BCUT2D eigenvalue weighted by molar-refractivity contribution is 5.14. The second kappa shape index (κ2) is 4.97. The van der Waals surface area contributed by atoms with E-state index in [-0.39, 0.29) is 11.6 Å². The first-order valence-electron chi connectivity index (χ1n) is 5.90. The molecular weight excluding hydrogens is 200 g/mol. The Kier molecular flexibility index (Phi) is 4.10. The molecule has 4 heteroatoms. The summed E-state index contributed by atoms with van der Waals surface area (Å²) in [5, 5.41) is 4.20. The number of nitrogens with zero attached hydrogens (tertiary/aromatic N) is 3. The Balaban J connectivity index is 3.09. The van der Waals surface area contributed by atoms with Gasteiger partial charge in [0.25, 0.3) is 0 Å². The highest BCUT2D eigenvalue weighted by Gasteiger charge is 2.37. The SMILES string of the molecule is CCC(CC)(C(N)c1ccnn1C)N(C)C. The topological polar surface area (TPSA) is 47.1 Å². The summed E-state index contributed by atoms with van der Waals surface area (Å²) < 4.78 is 1.87. The molecule has 2 N–H and O–H groups in total. The molecule has 0 aliphatic rings. The van der Waals surface area contributed by atoms with Gasteiger partial charge in [-0.25, -0.2) is 0 Å². The van der Waals surface area contributed by atoms with Crippen LogP contribution < -0.4 is 5.73 Å². The molecule has 92 valence electrons. The van der Waals surface area contributed by atoms with Gasteiger partial charge in [-0.05, 0) is 33.0 Å². The molecule has 0 aliphatic heterocycles. The quantitative estimate of drug-likeness (QED) is 0.825. The highest BCUT2D eigenvalue weighted by atomic mass is 15.3. The van der Waals surface area contributed by atoms with Gasteiger partial charge in [-0.3, -0.25) is 4.68 Å². The lowest BCUT2D eigenvalue weighted by Gasteiger charge is -2.43. The van der Waals surface area contributed by atoms with Crippen LogP contribution in [0.15, 0.2) is 12.3 Å². The molecule has 0 radical (unpaired) electrons. The van der Waals surface area contributed by atoms with Crippen LogP contribution >= 0.6 is 0 Å². The lowest BCUT2D eigenvalue weighted by atomic mass is 9.82. The van der Waals surface area contributed by atoms with Gasteiger partial charge in [0.05, 0.1) is 11.7 Å². The first-order chi connectivity index (χ1) is 7.49. The van der Waals surface area contributed by atoms with Gasteiger partial charge >= 0.3 is 0 Å². The number of nitrogens with two attached hydrogens (primary N) is 1. The van der Waals surface area contributed by atoms with Crippen LogP contribution in [0, 0.1) is 0 Å². The Morgan fingerprint density at radius 3 is 2.31 bits per heavy atom. The number of rotatable bonds is 5. The fourth-order valence-electron chi connectivity index (χ4n) is 2.56. The molecule has 0 aliphatic carbocycles. The molecule has 0 saturated heterocycles. The van der Waals surface area contributed by atoms with Gasteiger partial charge in [-0.1, -0.05) is 13.8 Å². The van der Waals surface area contributed by atoms with E-state index in [2.05, 4.69) is 37.9 Å². The standard InChI is InChI=1S/C12H24N4/c1-6-12(7-2,15(3)4)11(13)10-8-9-14-16(10)5/h8-9,11H,6-7,13H2,1-5H3. The first-order valence-corrected chi connectivity index (χ1v) is 5.90. The third-order valence-corrected chi connectivity index (χ3v) is 3.87. The third-order valence-electron chi connectivity index (χ3n) is 3.87. The number of aromatic nitrogens is 2. The average Bonchev–Trinajstić information content (AvgIpc) is 2.66. The zero-order valence-corrected chi connectivity index (χ0v) is 11.1. The van der Waals surface area contributed by atoms with Crippen molar-refractivity contribution in [1.82, 2.24) is 14.7 Å². The van der Waals surface area contributed by atoms with E-state index >= 15 is 0 Å². The normalized spacial score (nSPS) is 14.4. The maximum Gasteiger partial charge on any atom is 0.0653 e. The Morgan fingerprint density at radius 1 is 1.44 bits per heavy atom. The predicted molar refractivity (Wildman–Crippen MR) is 67.1 cm³/mol. The number of aryl methyl sites for hydroxylation is 1. The molecule has 0 fully saturated rings. The van der Waals surface area contributed by atoms with Crippen molar-refractivity contribution in [3.05, 3.63) is 18.0 Å².